The Bertz CT molecular complexity index is 603. The molecule has 1 aliphatic carbocycles. The molecular formula is C15H21ClN4. The van der Waals surface area contributed by atoms with Gasteiger partial charge in [-0.15, -0.1) is 11.6 Å². The summed E-state index contributed by atoms with van der Waals surface area (Å²) in [5.41, 5.74) is 3.19. The van der Waals surface area contributed by atoms with Crippen molar-refractivity contribution in [3.8, 4) is 0 Å². The highest BCUT2D eigenvalue weighted by molar-refractivity contribution is 6.17. The summed E-state index contributed by atoms with van der Waals surface area (Å²) in [6, 6.07) is 2.80. The minimum atomic E-state index is 0.598. The number of pyridine rings is 1. The van der Waals surface area contributed by atoms with E-state index in [1.165, 1.54) is 18.4 Å². The first kappa shape index (κ1) is 13.8. The summed E-state index contributed by atoms with van der Waals surface area (Å²) < 4.78 is 2.24. The summed E-state index contributed by atoms with van der Waals surface area (Å²) in [7, 11) is 2.21. The van der Waals surface area contributed by atoms with Crippen LogP contribution in [-0.4, -0.2) is 44.9 Å². The van der Waals surface area contributed by atoms with Crippen molar-refractivity contribution in [2.75, 3.05) is 19.5 Å². The predicted octanol–water partition coefficient (Wildman–Crippen LogP) is 2.62. The molecule has 1 saturated carbocycles. The third kappa shape index (κ3) is 2.67. The Morgan fingerprint density at radius 2 is 2.25 bits per heavy atom. The topological polar surface area (TPSA) is 34.0 Å². The second kappa shape index (κ2) is 5.70. The van der Waals surface area contributed by atoms with Crippen molar-refractivity contribution in [1.29, 1.82) is 0 Å². The molecule has 2 heterocycles. The fourth-order valence-electron chi connectivity index (χ4n) is 2.65. The summed E-state index contributed by atoms with van der Waals surface area (Å²) in [6.45, 7) is 4.06. The van der Waals surface area contributed by atoms with E-state index >= 15 is 0 Å². The highest BCUT2D eigenvalue weighted by Gasteiger charge is 2.26. The lowest BCUT2D eigenvalue weighted by Gasteiger charge is -2.17. The van der Waals surface area contributed by atoms with Crippen LogP contribution in [0.1, 0.15) is 24.2 Å². The molecule has 4 nitrogen and oxygen atoms in total. The molecule has 3 rings (SSSR count). The van der Waals surface area contributed by atoms with E-state index in [1.54, 1.807) is 0 Å². The van der Waals surface area contributed by atoms with Crippen LogP contribution < -0.4 is 0 Å². The molecule has 2 aromatic rings. The highest BCUT2D eigenvalue weighted by Crippen LogP contribution is 2.25. The van der Waals surface area contributed by atoms with Crippen molar-refractivity contribution >= 4 is 22.8 Å². The lowest BCUT2D eigenvalue weighted by atomic mass is 10.3. The molecule has 1 aliphatic rings. The zero-order chi connectivity index (χ0) is 14.1. The van der Waals surface area contributed by atoms with Crippen LogP contribution in [0.25, 0.3) is 11.2 Å². The predicted molar refractivity (Wildman–Crippen MR) is 82.3 cm³/mol. The fraction of sp³-hybridized carbons (Fsp3) is 0.600. The molecule has 2 aromatic heterocycles. The molecule has 0 spiro atoms. The molecule has 0 aromatic carbocycles. The zero-order valence-corrected chi connectivity index (χ0v) is 12.9. The summed E-state index contributed by atoms with van der Waals surface area (Å²) in [6.07, 6.45) is 5.34. The number of likely N-dealkylation sites (N-methyl/N-ethyl adjacent to an activating group) is 1. The third-order valence-corrected chi connectivity index (χ3v) is 4.27. The number of aromatic nitrogens is 3. The van der Waals surface area contributed by atoms with Gasteiger partial charge in [-0.3, -0.25) is 0 Å². The van der Waals surface area contributed by atoms with Crippen molar-refractivity contribution < 1.29 is 0 Å². The number of rotatable bonds is 6. The first-order chi connectivity index (χ1) is 9.70. The van der Waals surface area contributed by atoms with Gasteiger partial charge in [0.15, 0.2) is 5.65 Å². The van der Waals surface area contributed by atoms with E-state index in [0.29, 0.717) is 5.88 Å². The molecule has 0 unspecified atom stereocenters. The minimum Gasteiger partial charge on any atom is -0.311 e. The van der Waals surface area contributed by atoms with Crippen LogP contribution in [-0.2, 0) is 13.0 Å². The van der Waals surface area contributed by atoms with Crippen LogP contribution in [0.5, 0.6) is 0 Å². The molecule has 0 saturated heterocycles. The van der Waals surface area contributed by atoms with Gasteiger partial charge in [0, 0.05) is 37.6 Å². The third-order valence-electron chi connectivity index (χ3n) is 4.08. The van der Waals surface area contributed by atoms with Gasteiger partial charge in [-0.1, -0.05) is 0 Å². The van der Waals surface area contributed by atoms with E-state index in [9.17, 15) is 0 Å². The van der Waals surface area contributed by atoms with Crippen molar-refractivity contribution in [2.45, 2.75) is 38.8 Å². The van der Waals surface area contributed by atoms with Crippen LogP contribution in [0.2, 0.25) is 0 Å². The maximum Gasteiger partial charge on any atom is 0.160 e. The molecule has 0 radical (unpaired) electrons. The van der Waals surface area contributed by atoms with Crippen LogP contribution in [0.15, 0.2) is 12.3 Å². The van der Waals surface area contributed by atoms with E-state index in [2.05, 4.69) is 28.4 Å². The summed E-state index contributed by atoms with van der Waals surface area (Å²) >= 11 is 5.91. The lowest BCUT2D eigenvalue weighted by molar-refractivity contribution is 0.309. The number of halogens is 1. The van der Waals surface area contributed by atoms with Crippen molar-refractivity contribution in [1.82, 2.24) is 19.4 Å². The smallest absolute Gasteiger partial charge is 0.160 e. The SMILES string of the molecule is Cc1ccnc2c1nc(CCCl)n2CCN(C)C1CC1. The van der Waals surface area contributed by atoms with Crippen LogP contribution in [0, 0.1) is 6.92 Å². The monoisotopic (exact) mass is 292 g/mol. The van der Waals surface area contributed by atoms with Gasteiger partial charge in [0.1, 0.15) is 11.3 Å². The molecule has 20 heavy (non-hydrogen) atoms. The first-order valence-corrected chi connectivity index (χ1v) is 7.81. The molecule has 0 aliphatic heterocycles. The average molecular weight is 293 g/mol. The molecule has 108 valence electrons. The molecule has 0 N–H and O–H groups in total. The molecular weight excluding hydrogens is 272 g/mol. The Hall–Kier alpha value is -1.13. The van der Waals surface area contributed by atoms with Gasteiger partial charge < -0.3 is 9.47 Å². The van der Waals surface area contributed by atoms with Gasteiger partial charge >= 0.3 is 0 Å². The van der Waals surface area contributed by atoms with Crippen molar-refractivity contribution in [3.63, 3.8) is 0 Å². The second-order valence-electron chi connectivity index (χ2n) is 5.63. The van der Waals surface area contributed by atoms with Gasteiger partial charge in [-0.25, -0.2) is 9.97 Å². The number of fused-ring (bicyclic) bond motifs is 1. The number of aryl methyl sites for hydroxylation is 2. The minimum absolute atomic E-state index is 0.598. The van der Waals surface area contributed by atoms with E-state index in [4.69, 9.17) is 16.6 Å². The van der Waals surface area contributed by atoms with E-state index in [0.717, 1.165) is 42.5 Å². The van der Waals surface area contributed by atoms with Gasteiger partial charge in [-0.05, 0) is 38.4 Å². The van der Waals surface area contributed by atoms with E-state index in [-0.39, 0.29) is 0 Å². The van der Waals surface area contributed by atoms with Crippen LogP contribution in [0.4, 0.5) is 0 Å². The van der Waals surface area contributed by atoms with E-state index in [1.807, 2.05) is 12.3 Å². The molecule has 0 bridgehead atoms. The lowest BCUT2D eigenvalue weighted by Crippen LogP contribution is -2.26. The number of hydrogen-bond donors (Lipinski definition) is 0. The summed E-state index contributed by atoms with van der Waals surface area (Å²) in [4.78, 5) is 11.7. The van der Waals surface area contributed by atoms with Crippen molar-refractivity contribution in [3.05, 3.63) is 23.7 Å². The zero-order valence-electron chi connectivity index (χ0n) is 12.1. The second-order valence-corrected chi connectivity index (χ2v) is 6.01. The summed E-state index contributed by atoms with van der Waals surface area (Å²) in [5, 5.41) is 0. The number of imidazole rings is 1. The highest BCUT2D eigenvalue weighted by atomic mass is 35.5. The van der Waals surface area contributed by atoms with Gasteiger partial charge in [-0.2, -0.15) is 0 Å². The Balaban J connectivity index is 1.89. The van der Waals surface area contributed by atoms with Crippen molar-refractivity contribution in [2.24, 2.45) is 0 Å². The molecule has 1 fully saturated rings. The Morgan fingerprint density at radius 1 is 1.45 bits per heavy atom. The number of nitrogens with zero attached hydrogens (tertiary/aromatic N) is 4. The maximum atomic E-state index is 5.91. The molecule has 0 amide bonds. The largest absolute Gasteiger partial charge is 0.311 e. The Labute approximate surface area is 124 Å². The maximum absolute atomic E-state index is 5.91. The van der Waals surface area contributed by atoms with Crippen LogP contribution >= 0.6 is 11.6 Å². The molecule has 0 atom stereocenters. The fourth-order valence-corrected chi connectivity index (χ4v) is 2.82. The average Bonchev–Trinajstić information content (AvgIpc) is 3.21. The normalized spacial score (nSPS) is 15.4. The quantitative estimate of drug-likeness (QED) is 0.768. The molecule has 5 heteroatoms. The Morgan fingerprint density at radius 3 is 2.95 bits per heavy atom. The van der Waals surface area contributed by atoms with Gasteiger partial charge in [0.05, 0.1) is 0 Å². The first-order valence-electron chi connectivity index (χ1n) is 7.27. The van der Waals surface area contributed by atoms with Crippen LogP contribution in [0.3, 0.4) is 0 Å². The number of alkyl halides is 1. The van der Waals surface area contributed by atoms with E-state index < -0.39 is 0 Å². The summed E-state index contributed by atoms with van der Waals surface area (Å²) in [5.74, 6) is 1.65. The number of hydrogen-bond acceptors (Lipinski definition) is 3. The Kier molecular flexibility index (Phi) is 3.94. The van der Waals surface area contributed by atoms with Gasteiger partial charge in [0.25, 0.3) is 0 Å². The van der Waals surface area contributed by atoms with Gasteiger partial charge in [0.2, 0.25) is 0 Å². The standard InChI is InChI=1S/C15H21ClN4/c1-11-6-8-17-15-14(11)18-13(5-7-16)20(15)10-9-19(2)12-3-4-12/h6,8,12H,3-5,7,9-10H2,1-2H3.